The Morgan fingerprint density at radius 3 is 2.23 bits per heavy atom. The molecule has 3 aromatic rings. The molecule has 0 atom stereocenters. The number of benzene rings is 3. The van der Waals surface area contributed by atoms with Crippen molar-refractivity contribution >= 4 is 39.4 Å². The van der Waals surface area contributed by atoms with Gasteiger partial charge in [-0.3, -0.25) is 4.79 Å². The fourth-order valence-corrected chi connectivity index (χ4v) is 4.29. The Morgan fingerprint density at radius 1 is 1.06 bits per heavy atom. The van der Waals surface area contributed by atoms with Crippen molar-refractivity contribution < 1.29 is 22.1 Å². The quantitative estimate of drug-likeness (QED) is 0.238. The Balaban J connectivity index is 1.93. The highest BCUT2D eigenvalue weighted by Crippen LogP contribution is 2.39. The standard InChI is InChI=1S/C26H23ClN2O5S/c1-4-33-24-15-19(13-20(16-28)26(30)29-21-9-5-17(2)6-10-21)14-23(27)25(24)34-35(31,32)22-11-7-18(3)8-12-22/h5-15H,4H2,1-3H3,(H,29,30)/b20-13+. The van der Waals surface area contributed by atoms with Gasteiger partial charge in [0.15, 0.2) is 5.75 Å². The molecule has 0 bridgehead atoms. The molecule has 0 aromatic heterocycles. The second kappa shape index (κ2) is 11.1. The molecule has 0 heterocycles. The summed E-state index contributed by atoms with van der Waals surface area (Å²) in [6.07, 6.45) is 1.33. The van der Waals surface area contributed by atoms with Gasteiger partial charge in [0.05, 0.1) is 11.6 Å². The molecular weight excluding hydrogens is 488 g/mol. The van der Waals surface area contributed by atoms with Crippen LogP contribution in [0.4, 0.5) is 5.69 Å². The van der Waals surface area contributed by atoms with Crippen LogP contribution in [-0.2, 0) is 14.9 Å². The van der Waals surface area contributed by atoms with E-state index in [4.69, 9.17) is 20.5 Å². The second-order valence-corrected chi connectivity index (χ2v) is 9.56. The van der Waals surface area contributed by atoms with Gasteiger partial charge in [-0.2, -0.15) is 13.7 Å². The van der Waals surface area contributed by atoms with Crippen molar-refractivity contribution in [1.82, 2.24) is 0 Å². The van der Waals surface area contributed by atoms with Gasteiger partial charge in [-0.25, -0.2) is 0 Å². The first-order chi connectivity index (χ1) is 16.6. The van der Waals surface area contributed by atoms with Crippen molar-refractivity contribution in [1.29, 1.82) is 5.26 Å². The van der Waals surface area contributed by atoms with Crippen molar-refractivity contribution in [3.05, 3.63) is 87.9 Å². The Morgan fingerprint density at radius 2 is 1.66 bits per heavy atom. The van der Waals surface area contributed by atoms with E-state index in [1.807, 2.05) is 32.0 Å². The topological polar surface area (TPSA) is 105 Å². The van der Waals surface area contributed by atoms with Crippen molar-refractivity contribution in [2.45, 2.75) is 25.7 Å². The van der Waals surface area contributed by atoms with Gasteiger partial charge >= 0.3 is 10.1 Å². The van der Waals surface area contributed by atoms with Crippen molar-refractivity contribution in [3.8, 4) is 17.6 Å². The minimum atomic E-state index is -4.18. The van der Waals surface area contributed by atoms with E-state index in [1.165, 1.54) is 30.3 Å². The largest absolute Gasteiger partial charge is 0.490 e. The molecule has 3 rings (SSSR count). The van der Waals surface area contributed by atoms with Crippen LogP contribution in [0, 0.1) is 25.2 Å². The average Bonchev–Trinajstić information content (AvgIpc) is 2.81. The van der Waals surface area contributed by atoms with Crippen LogP contribution in [0.5, 0.6) is 11.5 Å². The second-order valence-electron chi connectivity index (χ2n) is 7.60. The van der Waals surface area contributed by atoms with E-state index in [0.29, 0.717) is 11.3 Å². The first-order valence-corrected chi connectivity index (χ1v) is 12.4. The number of nitrogens with one attached hydrogen (secondary N) is 1. The number of nitriles is 1. The summed E-state index contributed by atoms with van der Waals surface area (Å²) in [5.41, 5.74) is 2.65. The third-order valence-corrected chi connectivity index (χ3v) is 6.34. The van der Waals surface area contributed by atoms with E-state index in [1.54, 1.807) is 31.2 Å². The predicted molar refractivity (Wildman–Crippen MR) is 135 cm³/mol. The summed E-state index contributed by atoms with van der Waals surface area (Å²) in [5.74, 6) is -0.736. The number of carbonyl (C=O) groups is 1. The van der Waals surface area contributed by atoms with Gasteiger partial charge in [-0.05, 0) is 68.8 Å². The van der Waals surface area contributed by atoms with Crippen LogP contribution in [0.3, 0.4) is 0 Å². The van der Waals surface area contributed by atoms with E-state index >= 15 is 0 Å². The molecule has 1 amide bonds. The third-order valence-electron chi connectivity index (χ3n) is 4.82. The normalized spacial score (nSPS) is 11.5. The minimum Gasteiger partial charge on any atom is -0.490 e. The molecule has 7 nitrogen and oxygen atoms in total. The molecular formula is C26H23ClN2O5S. The number of carbonyl (C=O) groups excluding carboxylic acids is 1. The smallest absolute Gasteiger partial charge is 0.339 e. The molecule has 0 unspecified atom stereocenters. The maximum Gasteiger partial charge on any atom is 0.339 e. The lowest BCUT2D eigenvalue weighted by molar-refractivity contribution is -0.112. The summed E-state index contributed by atoms with van der Waals surface area (Å²) in [6.45, 7) is 5.67. The number of amides is 1. The Labute approximate surface area is 209 Å². The fourth-order valence-electron chi connectivity index (χ4n) is 3.03. The first-order valence-electron chi connectivity index (χ1n) is 10.6. The molecule has 0 saturated carbocycles. The lowest BCUT2D eigenvalue weighted by atomic mass is 10.1. The monoisotopic (exact) mass is 510 g/mol. The summed E-state index contributed by atoms with van der Waals surface area (Å²) in [4.78, 5) is 12.6. The van der Waals surface area contributed by atoms with Crippen LogP contribution in [0.25, 0.3) is 6.08 Å². The van der Waals surface area contributed by atoms with Crippen LogP contribution in [-0.4, -0.2) is 20.9 Å². The maximum absolute atomic E-state index is 12.8. The maximum atomic E-state index is 12.8. The molecule has 0 aliphatic carbocycles. The van der Waals surface area contributed by atoms with E-state index < -0.39 is 16.0 Å². The number of hydrogen-bond donors (Lipinski definition) is 1. The summed E-state index contributed by atoms with van der Waals surface area (Å²) >= 11 is 6.36. The zero-order chi connectivity index (χ0) is 25.6. The van der Waals surface area contributed by atoms with E-state index in [0.717, 1.165) is 11.1 Å². The summed E-state index contributed by atoms with van der Waals surface area (Å²) < 4.78 is 36.4. The Hall–Kier alpha value is -3.80. The highest BCUT2D eigenvalue weighted by molar-refractivity contribution is 7.87. The molecule has 0 aliphatic heterocycles. The molecule has 9 heteroatoms. The number of halogens is 1. The molecule has 0 aliphatic rings. The molecule has 0 fully saturated rings. The van der Waals surface area contributed by atoms with E-state index in [9.17, 15) is 18.5 Å². The summed E-state index contributed by atoms with van der Waals surface area (Å²) in [7, 11) is -4.18. The number of anilines is 1. The lowest BCUT2D eigenvalue weighted by Gasteiger charge is -2.14. The number of ether oxygens (including phenoxy) is 1. The van der Waals surface area contributed by atoms with Crippen LogP contribution < -0.4 is 14.2 Å². The Kier molecular flexibility index (Phi) is 8.18. The number of aryl methyl sites for hydroxylation is 2. The zero-order valence-electron chi connectivity index (χ0n) is 19.3. The van der Waals surface area contributed by atoms with Gasteiger partial charge in [0, 0.05) is 5.69 Å². The van der Waals surface area contributed by atoms with Gasteiger partial charge in [0.25, 0.3) is 5.91 Å². The van der Waals surface area contributed by atoms with Gasteiger partial charge in [0.2, 0.25) is 5.75 Å². The first kappa shape index (κ1) is 25.8. The molecule has 3 aromatic carbocycles. The van der Waals surface area contributed by atoms with Crippen LogP contribution in [0.15, 0.2) is 71.1 Å². The highest BCUT2D eigenvalue weighted by Gasteiger charge is 2.22. The SMILES string of the molecule is CCOc1cc(/C=C(\C#N)C(=O)Nc2ccc(C)cc2)cc(Cl)c1OS(=O)(=O)c1ccc(C)cc1. The van der Waals surface area contributed by atoms with Crippen molar-refractivity contribution in [2.24, 2.45) is 0 Å². The van der Waals surface area contributed by atoms with E-state index in [-0.39, 0.29) is 33.6 Å². The van der Waals surface area contributed by atoms with Crippen LogP contribution in [0.2, 0.25) is 5.02 Å². The zero-order valence-corrected chi connectivity index (χ0v) is 20.9. The van der Waals surface area contributed by atoms with Gasteiger partial charge in [-0.15, -0.1) is 0 Å². The highest BCUT2D eigenvalue weighted by atomic mass is 35.5. The fraction of sp³-hybridized carbons (Fsp3) is 0.154. The molecule has 0 saturated heterocycles. The minimum absolute atomic E-state index is 0.0369. The average molecular weight is 511 g/mol. The molecule has 1 N–H and O–H groups in total. The lowest BCUT2D eigenvalue weighted by Crippen LogP contribution is -2.13. The van der Waals surface area contributed by atoms with Crippen LogP contribution in [0.1, 0.15) is 23.6 Å². The van der Waals surface area contributed by atoms with Gasteiger partial charge in [0.1, 0.15) is 16.5 Å². The Bertz CT molecular complexity index is 1410. The molecule has 0 spiro atoms. The molecule has 35 heavy (non-hydrogen) atoms. The van der Waals surface area contributed by atoms with Gasteiger partial charge < -0.3 is 14.2 Å². The predicted octanol–water partition coefficient (Wildman–Crippen LogP) is 5.67. The number of nitrogens with zero attached hydrogens (tertiary/aromatic N) is 1. The number of rotatable bonds is 8. The van der Waals surface area contributed by atoms with Crippen molar-refractivity contribution in [3.63, 3.8) is 0 Å². The van der Waals surface area contributed by atoms with Gasteiger partial charge in [-0.1, -0.05) is 47.0 Å². The summed E-state index contributed by atoms with van der Waals surface area (Å²) in [6, 6.07) is 18.0. The van der Waals surface area contributed by atoms with Crippen LogP contribution >= 0.6 is 11.6 Å². The third kappa shape index (κ3) is 6.63. The van der Waals surface area contributed by atoms with E-state index in [2.05, 4.69) is 5.32 Å². The number of hydrogen-bond acceptors (Lipinski definition) is 6. The molecule has 180 valence electrons. The van der Waals surface area contributed by atoms with Crippen molar-refractivity contribution in [2.75, 3.05) is 11.9 Å². The molecule has 0 radical (unpaired) electrons. The summed E-state index contributed by atoms with van der Waals surface area (Å²) in [5, 5.41) is 12.1.